The monoisotopic (exact) mass is 235 g/mol. The second-order valence-electron chi connectivity index (χ2n) is 3.28. The van der Waals surface area contributed by atoms with Crippen molar-refractivity contribution < 1.29 is 15.2 Å². The summed E-state index contributed by atoms with van der Waals surface area (Å²) in [6.07, 6.45) is 4.59. The van der Waals surface area contributed by atoms with Crippen LogP contribution in [0.4, 0.5) is 0 Å². The topological polar surface area (TPSA) is 104 Å². The van der Waals surface area contributed by atoms with E-state index in [1.165, 1.54) is 12.3 Å². The molecular formula is C9H9N5O3. The third-order valence-electron chi connectivity index (χ3n) is 1.99. The van der Waals surface area contributed by atoms with Gasteiger partial charge in [0.25, 0.3) is 0 Å². The maximum Gasteiger partial charge on any atom is 0.321 e. The molecule has 0 aliphatic rings. The average molecular weight is 235 g/mol. The van der Waals surface area contributed by atoms with Gasteiger partial charge in [-0.3, -0.25) is 15.2 Å². The molecule has 2 rings (SSSR count). The van der Waals surface area contributed by atoms with Crippen LogP contribution in [0, 0.1) is 0 Å². The third-order valence-corrected chi connectivity index (χ3v) is 1.99. The number of imidazole rings is 1. The van der Waals surface area contributed by atoms with Crippen molar-refractivity contribution in [2.75, 3.05) is 0 Å². The zero-order chi connectivity index (χ0) is 12.4. The lowest BCUT2D eigenvalue weighted by molar-refractivity contribution is -0.260. The van der Waals surface area contributed by atoms with E-state index in [1.807, 2.05) is 0 Å². The average Bonchev–Trinajstić information content (AvgIpc) is 2.75. The lowest BCUT2D eigenvalue weighted by Crippen LogP contribution is -2.24. The Morgan fingerprint density at radius 1 is 1.41 bits per heavy atom. The minimum atomic E-state index is -1.04. The normalized spacial score (nSPS) is 10.3. The molecule has 0 saturated heterocycles. The van der Waals surface area contributed by atoms with Gasteiger partial charge in [-0.05, 0) is 6.07 Å². The quantitative estimate of drug-likeness (QED) is 0.565. The molecule has 8 heteroatoms. The first-order chi connectivity index (χ1) is 8.08. The van der Waals surface area contributed by atoms with Gasteiger partial charge in [0, 0.05) is 19.4 Å². The molecule has 2 N–H and O–H groups in total. The lowest BCUT2D eigenvalue weighted by atomic mass is 10.3. The second-order valence-corrected chi connectivity index (χ2v) is 3.28. The molecule has 8 nitrogen and oxygen atoms in total. The van der Waals surface area contributed by atoms with E-state index in [-0.39, 0.29) is 11.5 Å². The van der Waals surface area contributed by atoms with Gasteiger partial charge in [0.05, 0.1) is 6.33 Å². The second kappa shape index (κ2) is 4.28. The van der Waals surface area contributed by atoms with Crippen LogP contribution in [0.25, 0.3) is 11.5 Å². The number of carbonyl (C=O) groups is 1. The van der Waals surface area contributed by atoms with Crippen LogP contribution in [0.15, 0.2) is 24.8 Å². The predicted octanol–water partition coefficient (Wildman–Crippen LogP) is 0.0977. The number of aryl methyl sites for hydroxylation is 1. The van der Waals surface area contributed by atoms with E-state index in [2.05, 4.69) is 15.0 Å². The van der Waals surface area contributed by atoms with Gasteiger partial charge in [-0.25, -0.2) is 15.0 Å². The van der Waals surface area contributed by atoms with Crippen LogP contribution < -0.4 is 0 Å². The van der Waals surface area contributed by atoms with Gasteiger partial charge in [-0.15, -0.1) is 0 Å². The smallest absolute Gasteiger partial charge is 0.321 e. The molecule has 17 heavy (non-hydrogen) atoms. The van der Waals surface area contributed by atoms with Crippen molar-refractivity contribution in [3.05, 3.63) is 30.5 Å². The van der Waals surface area contributed by atoms with Crippen LogP contribution in [0.5, 0.6) is 0 Å². The largest absolute Gasteiger partial charge is 0.340 e. The van der Waals surface area contributed by atoms with Gasteiger partial charge in [-0.1, -0.05) is 5.23 Å². The summed E-state index contributed by atoms with van der Waals surface area (Å²) in [5.41, 5.74) is 0.357. The Labute approximate surface area is 95.7 Å². The summed E-state index contributed by atoms with van der Waals surface area (Å²) in [6.45, 7) is 0. The first-order valence-electron chi connectivity index (χ1n) is 4.61. The van der Waals surface area contributed by atoms with Crippen molar-refractivity contribution in [3.8, 4) is 11.5 Å². The van der Waals surface area contributed by atoms with Crippen molar-refractivity contribution >= 4 is 5.91 Å². The van der Waals surface area contributed by atoms with Crippen LogP contribution in [-0.4, -0.2) is 41.1 Å². The summed E-state index contributed by atoms with van der Waals surface area (Å²) in [6, 6.07) is 1.27. The number of hydroxylamine groups is 2. The Morgan fingerprint density at radius 3 is 2.76 bits per heavy atom. The molecular weight excluding hydrogens is 226 g/mol. The molecule has 0 fully saturated rings. The van der Waals surface area contributed by atoms with Crippen molar-refractivity contribution in [2.45, 2.75) is 0 Å². The standard InChI is InChI=1S/C9H9N5O3/c1-13-4-7(11-5-13)8-10-3-2-6(12-8)9(15)14(16)17/h2-5,16-17H,1H3. The Balaban J connectivity index is 2.38. The highest BCUT2D eigenvalue weighted by Gasteiger charge is 2.15. The maximum absolute atomic E-state index is 11.2. The first-order valence-corrected chi connectivity index (χ1v) is 4.61. The molecule has 0 spiro atoms. The summed E-state index contributed by atoms with van der Waals surface area (Å²) >= 11 is 0. The van der Waals surface area contributed by atoms with Crippen LogP contribution >= 0.6 is 0 Å². The molecule has 2 aromatic rings. The van der Waals surface area contributed by atoms with E-state index in [0.717, 1.165) is 0 Å². The first kappa shape index (κ1) is 11.2. The van der Waals surface area contributed by atoms with Crippen LogP contribution in [0.3, 0.4) is 0 Å². The van der Waals surface area contributed by atoms with E-state index >= 15 is 0 Å². The van der Waals surface area contributed by atoms with Crippen LogP contribution in [0.1, 0.15) is 10.5 Å². The predicted molar refractivity (Wildman–Crippen MR) is 54.0 cm³/mol. The Kier molecular flexibility index (Phi) is 2.81. The van der Waals surface area contributed by atoms with Crippen LogP contribution in [-0.2, 0) is 7.05 Å². The van der Waals surface area contributed by atoms with Gasteiger partial charge in [0.1, 0.15) is 11.4 Å². The Hall–Kier alpha value is -2.32. The number of nitrogens with zero attached hydrogens (tertiary/aromatic N) is 5. The zero-order valence-corrected chi connectivity index (χ0v) is 8.85. The highest BCUT2D eigenvalue weighted by atomic mass is 16.8. The molecule has 0 saturated carbocycles. The minimum absolute atomic E-state index is 0.134. The van der Waals surface area contributed by atoms with Gasteiger partial charge >= 0.3 is 5.91 Å². The fourth-order valence-corrected chi connectivity index (χ4v) is 1.23. The molecule has 0 aliphatic carbocycles. The molecule has 0 unspecified atom stereocenters. The SMILES string of the molecule is Cn1cnc(-c2nccc(C(=O)N(O)O)n2)c1. The van der Waals surface area contributed by atoms with E-state index < -0.39 is 11.1 Å². The third kappa shape index (κ3) is 2.27. The van der Waals surface area contributed by atoms with Crippen molar-refractivity contribution in [1.29, 1.82) is 0 Å². The number of hydrogen-bond donors (Lipinski definition) is 2. The summed E-state index contributed by atoms with van der Waals surface area (Å²) in [5, 5.41) is 16.7. The molecule has 0 aliphatic heterocycles. The van der Waals surface area contributed by atoms with Gasteiger partial charge in [0.15, 0.2) is 5.82 Å². The van der Waals surface area contributed by atoms with E-state index in [9.17, 15) is 4.79 Å². The van der Waals surface area contributed by atoms with Gasteiger partial charge in [0.2, 0.25) is 0 Å². The highest BCUT2D eigenvalue weighted by molar-refractivity contribution is 5.90. The lowest BCUT2D eigenvalue weighted by Gasteiger charge is -2.05. The molecule has 2 aromatic heterocycles. The summed E-state index contributed by atoms with van der Waals surface area (Å²) in [7, 11) is 1.79. The molecule has 0 radical (unpaired) electrons. The summed E-state index contributed by atoms with van der Waals surface area (Å²) < 4.78 is 1.71. The van der Waals surface area contributed by atoms with E-state index in [4.69, 9.17) is 10.4 Å². The van der Waals surface area contributed by atoms with Crippen molar-refractivity contribution in [2.24, 2.45) is 7.05 Å². The molecule has 0 bridgehead atoms. The Morgan fingerprint density at radius 2 is 2.18 bits per heavy atom. The number of amides is 1. The summed E-state index contributed by atoms with van der Waals surface area (Å²) in [5.74, 6) is -0.803. The number of carbonyl (C=O) groups excluding carboxylic acids is 1. The van der Waals surface area contributed by atoms with E-state index in [1.54, 1.807) is 24.1 Å². The molecule has 0 aromatic carbocycles. The van der Waals surface area contributed by atoms with Gasteiger partial charge < -0.3 is 4.57 Å². The van der Waals surface area contributed by atoms with Crippen LogP contribution in [0.2, 0.25) is 0 Å². The molecule has 1 amide bonds. The number of hydrogen-bond acceptors (Lipinski definition) is 6. The zero-order valence-electron chi connectivity index (χ0n) is 8.85. The van der Waals surface area contributed by atoms with Crippen molar-refractivity contribution in [3.63, 3.8) is 0 Å². The molecule has 2 heterocycles. The molecule has 0 atom stereocenters. The van der Waals surface area contributed by atoms with Gasteiger partial charge in [-0.2, -0.15) is 0 Å². The Bertz CT molecular complexity index is 551. The fraction of sp³-hybridized carbons (Fsp3) is 0.111. The van der Waals surface area contributed by atoms with E-state index in [0.29, 0.717) is 5.69 Å². The minimum Gasteiger partial charge on any atom is -0.340 e. The highest BCUT2D eigenvalue weighted by Crippen LogP contribution is 2.11. The molecule has 88 valence electrons. The maximum atomic E-state index is 11.2. The van der Waals surface area contributed by atoms with Crippen molar-refractivity contribution in [1.82, 2.24) is 24.7 Å². The fourth-order valence-electron chi connectivity index (χ4n) is 1.23. The number of rotatable bonds is 2. The number of aromatic nitrogens is 4. The summed E-state index contributed by atoms with van der Waals surface area (Å²) in [4.78, 5) is 23.1.